The molecule has 6 heteroatoms. The molecule has 0 saturated carbocycles. The Morgan fingerprint density at radius 1 is 0.484 bits per heavy atom. The zero-order valence-corrected chi connectivity index (χ0v) is 37.3. The number of nitrogens with zero attached hydrogens (tertiary/aromatic N) is 5. The Morgan fingerprint density at radius 2 is 1.12 bits per heavy atom. The first-order valence-corrected chi connectivity index (χ1v) is 22.4. The summed E-state index contributed by atoms with van der Waals surface area (Å²) in [7, 11) is 0. The number of pyridine rings is 2. The van der Waals surface area contributed by atoms with Crippen LogP contribution in [-0.4, -0.2) is 16.7 Å². The molecule has 310 valence electrons. The number of aromatic nitrogens is 2. The minimum atomic E-state index is -0.0943. The van der Waals surface area contributed by atoms with Crippen LogP contribution < -0.4 is 31.1 Å². The van der Waals surface area contributed by atoms with E-state index in [4.69, 9.17) is 9.97 Å². The molecule has 9 aromatic rings. The topological polar surface area (TPSA) is 35.5 Å². The SMILES string of the molecule is CC(C)(C)c1ccc(N(c2ccc3c(n2)N(c2ccccc2)c2nccc4c2B3c2ccccc2N4c2ccccc2)c2ccc(C(C)(C)C)cc2-c2cccc3ccccc23)cc1. The smallest absolute Gasteiger partial charge is 0.256 e. The molecular formula is C58H50BN5. The number of benzene rings is 7. The fourth-order valence-electron chi connectivity index (χ4n) is 9.78. The van der Waals surface area contributed by atoms with Gasteiger partial charge in [0.15, 0.2) is 0 Å². The summed E-state index contributed by atoms with van der Waals surface area (Å²) in [6, 6.07) is 68.3. The highest BCUT2D eigenvalue weighted by Gasteiger charge is 2.45. The van der Waals surface area contributed by atoms with E-state index in [-0.39, 0.29) is 17.5 Å². The summed E-state index contributed by atoms with van der Waals surface area (Å²) in [6.07, 6.45) is 1.95. The minimum absolute atomic E-state index is 0.00227. The maximum atomic E-state index is 5.86. The predicted octanol–water partition coefficient (Wildman–Crippen LogP) is 13.4. The van der Waals surface area contributed by atoms with E-state index in [1.165, 1.54) is 38.4 Å². The van der Waals surface area contributed by atoms with Gasteiger partial charge < -0.3 is 4.90 Å². The van der Waals surface area contributed by atoms with Gasteiger partial charge in [-0.1, -0.05) is 163 Å². The van der Waals surface area contributed by atoms with Crippen LogP contribution in [0.5, 0.6) is 0 Å². The molecule has 4 heterocycles. The molecule has 64 heavy (non-hydrogen) atoms. The first-order valence-electron chi connectivity index (χ1n) is 22.4. The summed E-state index contributed by atoms with van der Waals surface area (Å²) < 4.78 is 0. The molecule has 0 unspecified atom stereocenters. The molecule has 0 atom stereocenters. The van der Waals surface area contributed by atoms with Crippen LogP contribution in [0.25, 0.3) is 21.9 Å². The first-order chi connectivity index (χ1) is 31.0. The van der Waals surface area contributed by atoms with E-state index in [0.717, 1.165) is 62.6 Å². The van der Waals surface area contributed by atoms with Gasteiger partial charge in [0.25, 0.3) is 6.71 Å². The fourth-order valence-corrected chi connectivity index (χ4v) is 9.78. The van der Waals surface area contributed by atoms with E-state index in [0.29, 0.717) is 0 Å². The summed E-state index contributed by atoms with van der Waals surface area (Å²) in [4.78, 5) is 18.2. The average molecular weight is 828 g/mol. The molecule has 0 saturated heterocycles. The van der Waals surface area contributed by atoms with Crippen molar-refractivity contribution in [2.24, 2.45) is 0 Å². The van der Waals surface area contributed by atoms with Gasteiger partial charge in [0.1, 0.15) is 17.5 Å². The van der Waals surface area contributed by atoms with Gasteiger partial charge in [-0.25, -0.2) is 9.97 Å². The van der Waals surface area contributed by atoms with Crippen LogP contribution in [-0.2, 0) is 10.8 Å². The van der Waals surface area contributed by atoms with Gasteiger partial charge in [0, 0.05) is 40.2 Å². The maximum Gasteiger partial charge on any atom is 0.256 e. The Morgan fingerprint density at radius 3 is 1.86 bits per heavy atom. The van der Waals surface area contributed by atoms with Crippen LogP contribution in [0, 0.1) is 0 Å². The molecule has 0 amide bonds. The van der Waals surface area contributed by atoms with E-state index < -0.39 is 0 Å². The quantitative estimate of drug-likeness (QED) is 0.156. The molecule has 7 aromatic carbocycles. The van der Waals surface area contributed by atoms with Crippen molar-refractivity contribution in [1.29, 1.82) is 0 Å². The lowest BCUT2D eigenvalue weighted by molar-refractivity contribution is 0.590. The average Bonchev–Trinajstić information content (AvgIpc) is 3.31. The molecule has 0 bridgehead atoms. The highest BCUT2D eigenvalue weighted by Crippen LogP contribution is 2.47. The van der Waals surface area contributed by atoms with Crippen LogP contribution in [0.4, 0.5) is 51.6 Å². The van der Waals surface area contributed by atoms with Crippen molar-refractivity contribution in [3.05, 3.63) is 205 Å². The largest absolute Gasteiger partial charge is 0.311 e. The van der Waals surface area contributed by atoms with Crippen LogP contribution >= 0.6 is 0 Å². The predicted molar refractivity (Wildman–Crippen MR) is 271 cm³/mol. The van der Waals surface area contributed by atoms with E-state index in [2.05, 4.69) is 244 Å². The minimum Gasteiger partial charge on any atom is -0.311 e. The second kappa shape index (κ2) is 15.1. The van der Waals surface area contributed by atoms with Gasteiger partial charge in [-0.15, -0.1) is 0 Å². The Hall–Kier alpha value is -7.44. The number of rotatable bonds is 6. The third-order valence-corrected chi connectivity index (χ3v) is 13.0. The Labute approximate surface area is 377 Å². The third kappa shape index (κ3) is 6.55. The van der Waals surface area contributed by atoms with E-state index >= 15 is 0 Å². The van der Waals surface area contributed by atoms with E-state index in [1.54, 1.807) is 0 Å². The Kier molecular flexibility index (Phi) is 9.32. The third-order valence-electron chi connectivity index (χ3n) is 13.0. The molecule has 11 rings (SSSR count). The van der Waals surface area contributed by atoms with Crippen molar-refractivity contribution >= 4 is 85.5 Å². The summed E-state index contributed by atoms with van der Waals surface area (Å²) >= 11 is 0. The molecule has 2 aliphatic heterocycles. The maximum absolute atomic E-state index is 5.86. The molecule has 5 nitrogen and oxygen atoms in total. The molecular weight excluding hydrogens is 777 g/mol. The number of anilines is 9. The van der Waals surface area contributed by atoms with Crippen molar-refractivity contribution in [2.75, 3.05) is 14.7 Å². The Balaban J connectivity index is 1.18. The number of para-hydroxylation sites is 3. The highest BCUT2D eigenvalue weighted by atomic mass is 15.3. The van der Waals surface area contributed by atoms with Gasteiger partial charge in [0.2, 0.25) is 0 Å². The van der Waals surface area contributed by atoms with Crippen molar-refractivity contribution in [1.82, 2.24) is 9.97 Å². The summed E-state index contributed by atoms with van der Waals surface area (Å²) in [5.41, 5.74) is 14.8. The van der Waals surface area contributed by atoms with Crippen molar-refractivity contribution in [3.63, 3.8) is 0 Å². The standard InChI is InChI=1S/C58H50BN5/c1-57(2,3)40-28-31-44(32-29-40)63(50-34-30-41(58(4,5)6)38-47(50)46-25-17-19-39-18-13-14-24-45(39)46)53-35-33-49-55(61-53)64(43-22-11-8-12-23-43)56-54-52(36-37-60-56)62(42-20-9-7-10-21-42)51-27-16-15-26-48(51)59(49)54/h7-38H,1-6H3. The monoisotopic (exact) mass is 827 g/mol. The second-order valence-electron chi connectivity index (χ2n) is 19.1. The summed E-state index contributed by atoms with van der Waals surface area (Å²) in [5.74, 6) is 2.57. The van der Waals surface area contributed by atoms with Crippen LogP contribution in [0.15, 0.2) is 194 Å². The summed E-state index contributed by atoms with van der Waals surface area (Å²) in [6.45, 7) is 13.6. The van der Waals surface area contributed by atoms with Crippen LogP contribution in [0.1, 0.15) is 52.7 Å². The van der Waals surface area contributed by atoms with Gasteiger partial charge in [0.05, 0.1) is 5.69 Å². The first kappa shape index (κ1) is 39.4. The molecule has 0 fully saturated rings. The van der Waals surface area contributed by atoms with Gasteiger partial charge in [-0.05, 0) is 121 Å². The molecule has 2 aromatic heterocycles. The van der Waals surface area contributed by atoms with Gasteiger partial charge in [-0.2, -0.15) is 0 Å². The Bertz CT molecular complexity index is 3200. The van der Waals surface area contributed by atoms with Crippen molar-refractivity contribution in [3.8, 4) is 11.1 Å². The fraction of sp³-hybridized carbons (Fsp3) is 0.138. The van der Waals surface area contributed by atoms with E-state index in [1.807, 2.05) is 6.20 Å². The lowest BCUT2D eigenvalue weighted by atomic mass is 9.34. The van der Waals surface area contributed by atoms with Crippen molar-refractivity contribution in [2.45, 2.75) is 52.4 Å². The van der Waals surface area contributed by atoms with Gasteiger partial charge >= 0.3 is 0 Å². The molecule has 0 radical (unpaired) electrons. The van der Waals surface area contributed by atoms with E-state index in [9.17, 15) is 0 Å². The number of fused-ring (bicyclic) bond motifs is 5. The van der Waals surface area contributed by atoms with Gasteiger partial charge in [-0.3, -0.25) is 9.80 Å². The summed E-state index contributed by atoms with van der Waals surface area (Å²) in [5, 5.41) is 2.43. The number of hydrogen-bond acceptors (Lipinski definition) is 5. The highest BCUT2D eigenvalue weighted by molar-refractivity contribution is 7.00. The molecule has 2 aliphatic rings. The van der Waals surface area contributed by atoms with Crippen LogP contribution in [0.2, 0.25) is 0 Å². The lowest BCUT2D eigenvalue weighted by Gasteiger charge is -2.42. The van der Waals surface area contributed by atoms with Crippen LogP contribution in [0.3, 0.4) is 0 Å². The molecule has 0 aliphatic carbocycles. The molecule has 0 spiro atoms. The lowest BCUT2D eigenvalue weighted by Crippen LogP contribution is -2.61. The normalized spacial score (nSPS) is 13.1. The zero-order chi connectivity index (χ0) is 43.7. The van der Waals surface area contributed by atoms with Crippen molar-refractivity contribution < 1.29 is 0 Å². The second-order valence-corrected chi connectivity index (χ2v) is 19.1. The zero-order valence-electron chi connectivity index (χ0n) is 37.3. The molecule has 0 N–H and O–H groups in total. The number of hydrogen-bond donors (Lipinski definition) is 0.